The molecule has 0 saturated carbocycles. The molecule has 140 valence electrons. The molecule has 2 aromatic carbocycles. The number of carbonyl (C=O) groups is 1. The lowest BCUT2D eigenvalue weighted by molar-refractivity contribution is -0.119. The number of amidine groups is 1. The summed E-state index contributed by atoms with van der Waals surface area (Å²) in [4.78, 5) is 16.1. The average molecular weight is 381 g/mol. The number of amides is 1. The van der Waals surface area contributed by atoms with E-state index in [-0.39, 0.29) is 16.8 Å². The highest BCUT2D eigenvalue weighted by Gasteiger charge is 2.17. The number of carbonyl (C=O) groups excluding carboxylic acids is 1. The molecule has 2 rings (SSSR count). The number of hydrogen-bond acceptors (Lipinski definition) is 4. The van der Waals surface area contributed by atoms with Crippen LogP contribution >= 0.6 is 11.8 Å². The molecule has 0 aliphatic heterocycles. The van der Waals surface area contributed by atoms with Gasteiger partial charge in [0.15, 0.2) is 5.17 Å². The lowest BCUT2D eigenvalue weighted by atomic mass is 9.98. The van der Waals surface area contributed by atoms with Crippen LogP contribution in [0.3, 0.4) is 0 Å². The van der Waals surface area contributed by atoms with E-state index in [1.165, 1.54) is 0 Å². The third kappa shape index (κ3) is 5.62. The standard InChI is InChI=1S/C21H24N4OS/c1-13-5-9-16(10-6-13)18(22)19(17-11-7-14(2)8-12-17)25-21(23)27-15(3)20(26)24-4/h5-12,15,22-23H,1-4H3,(H,24,26)/b22-18?,23-21?,25-19-. The molecule has 1 unspecified atom stereocenters. The molecule has 0 spiro atoms. The Morgan fingerprint density at radius 2 is 1.44 bits per heavy atom. The van der Waals surface area contributed by atoms with Gasteiger partial charge in [-0.1, -0.05) is 71.4 Å². The monoisotopic (exact) mass is 380 g/mol. The molecule has 0 bridgehead atoms. The fourth-order valence-electron chi connectivity index (χ4n) is 2.39. The Morgan fingerprint density at radius 3 is 1.93 bits per heavy atom. The molecule has 0 heterocycles. The number of benzene rings is 2. The largest absolute Gasteiger partial charge is 0.358 e. The van der Waals surface area contributed by atoms with Crippen molar-refractivity contribution < 1.29 is 4.79 Å². The third-order valence-corrected chi connectivity index (χ3v) is 4.90. The molecule has 3 N–H and O–H groups in total. The fraction of sp³-hybridized carbons (Fsp3) is 0.238. The zero-order valence-electron chi connectivity index (χ0n) is 16.0. The minimum Gasteiger partial charge on any atom is -0.358 e. The summed E-state index contributed by atoms with van der Waals surface area (Å²) in [5, 5.41) is 19.0. The van der Waals surface area contributed by atoms with E-state index in [0.717, 1.165) is 34.0 Å². The molecule has 0 aromatic heterocycles. The highest BCUT2D eigenvalue weighted by Crippen LogP contribution is 2.17. The molecule has 1 amide bonds. The van der Waals surface area contributed by atoms with Gasteiger partial charge in [0.1, 0.15) is 0 Å². The fourth-order valence-corrected chi connectivity index (χ4v) is 3.09. The van der Waals surface area contributed by atoms with E-state index < -0.39 is 5.25 Å². The van der Waals surface area contributed by atoms with Crippen LogP contribution in [0.5, 0.6) is 0 Å². The van der Waals surface area contributed by atoms with Crippen molar-refractivity contribution in [2.45, 2.75) is 26.0 Å². The lowest BCUT2D eigenvalue weighted by Crippen LogP contribution is -2.28. The highest BCUT2D eigenvalue weighted by molar-refractivity contribution is 8.14. The molecule has 0 radical (unpaired) electrons. The van der Waals surface area contributed by atoms with Crippen LogP contribution in [0.2, 0.25) is 0 Å². The molecule has 6 heteroatoms. The molecule has 5 nitrogen and oxygen atoms in total. The molecule has 27 heavy (non-hydrogen) atoms. The average Bonchev–Trinajstić information content (AvgIpc) is 2.66. The van der Waals surface area contributed by atoms with Crippen molar-refractivity contribution in [3.05, 3.63) is 70.8 Å². The van der Waals surface area contributed by atoms with Crippen LogP contribution in [-0.4, -0.2) is 34.8 Å². The van der Waals surface area contributed by atoms with Crippen molar-refractivity contribution in [1.29, 1.82) is 10.8 Å². The van der Waals surface area contributed by atoms with Gasteiger partial charge in [-0.05, 0) is 20.8 Å². The molecular weight excluding hydrogens is 356 g/mol. The molecule has 2 aromatic rings. The minimum absolute atomic E-state index is 0.00135. The predicted octanol–water partition coefficient (Wildman–Crippen LogP) is 3.96. The summed E-state index contributed by atoms with van der Waals surface area (Å²) >= 11 is 1.06. The maximum Gasteiger partial charge on any atom is 0.233 e. The van der Waals surface area contributed by atoms with Gasteiger partial charge in [-0.3, -0.25) is 15.6 Å². The van der Waals surface area contributed by atoms with Gasteiger partial charge < -0.3 is 5.32 Å². The molecule has 0 fully saturated rings. The molecule has 0 aliphatic rings. The third-order valence-electron chi connectivity index (χ3n) is 4.02. The van der Waals surface area contributed by atoms with Crippen LogP contribution in [0.4, 0.5) is 0 Å². The summed E-state index contributed by atoms with van der Waals surface area (Å²) < 4.78 is 0. The number of hydrogen-bond donors (Lipinski definition) is 3. The van der Waals surface area contributed by atoms with E-state index >= 15 is 0 Å². The van der Waals surface area contributed by atoms with E-state index in [9.17, 15) is 4.79 Å². The summed E-state index contributed by atoms with van der Waals surface area (Å²) in [7, 11) is 1.57. The normalized spacial score (nSPS) is 12.4. The number of nitrogens with zero attached hydrogens (tertiary/aromatic N) is 1. The lowest BCUT2D eigenvalue weighted by Gasteiger charge is -2.12. The first-order valence-electron chi connectivity index (χ1n) is 8.60. The van der Waals surface area contributed by atoms with Crippen molar-refractivity contribution in [1.82, 2.24) is 5.32 Å². The van der Waals surface area contributed by atoms with E-state index in [0.29, 0.717) is 5.71 Å². The van der Waals surface area contributed by atoms with E-state index in [4.69, 9.17) is 10.8 Å². The predicted molar refractivity (Wildman–Crippen MR) is 115 cm³/mol. The summed E-state index contributed by atoms with van der Waals surface area (Å²) in [6, 6.07) is 15.4. The number of rotatable bonds is 5. The zero-order valence-corrected chi connectivity index (χ0v) is 16.8. The summed E-state index contributed by atoms with van der Waals surface area (Å²) in [6.07, 6.45) is 0. The summed E-state index contributed by atoms with van der Waals surface area (Å²) in [6.45, 7) is 5.72. The first-order valence-corrected chi connectivity index (χ1v) is 9.48. The summed E-state index contributed by atoms with van der Waals surface area (Å²) in [5.74, 6) is -0.162. The molecular formula is C21H24N4OS. The topological polar surface area (TPSA) is 89.2 Å². The smallest absolute Gasteiger partial charge is 0.233 e. The van der Waals surface area contributed by atoms with Gasteiger partial charge >= 0.3 is 0 Å². The Morgan fingerprint density at radius 1 is 0.963 bits per heavy atom. The number of nitrogens with one attached hydrogen (secondary N) is 3. The second kappa shape index (κ2) is 9.28. The Labute approximate surface area is 164 Å². The van der Waals surface area contributed by atoms with Gasteiger partial charge in [0, 0.05) is 18.2 Å². The quantitative estimate of drug-likeness (QED) is 0.541. The van der Waals surface area contributed by atoms with Gasteiger partial charge in [-0.25, -0.2) is 4.99 Å². The van der Waals surface area contributed by atoms with Gasteiger partial charge in [-0.15, -0.1) is 0 Å². The van der Waals surface area contributed by atoms with Crippen molar-refractivity contribution >= 4 is 34.3 Å². The maximum absolute atomic E-state index is 11.7. The van der Waals surface area contributed by atoms with Gasteiger partial charge in [-0.2, -0.15) is 0 Å². The summed E-state index contributed by atoms with van der Waals surface area (Å²) in [5.41, 5.74) is 4.39. The van der Waals surface area contributed by atoms with Crippen LogP contribution in [0.1, 0.15) is 29.2 Å². The second-order valence-electron chi connectivity index (χ2n) is 6.25. The van der Waals surface area contributed by atoms with E-state index in [2.05, 4.69) is 10.3 Å². The molecule has 0 aliphatic carbocycles. The van der Waals surface area contributed by atoms with E-state index in [1.54, 1.807) is 14.0 Å². The van der Waals surface area contributed by atoms with Crippen LogP contribution in [0.25, 0.3) is 0 Å². The SMILES string of the molecule is CNC(=O)C(C)SC(=N)/N=C(\C(=N)c1ccc(C)cc1)c1ccc(C)cc1. The number of thioether (sulfide) groups is 1. The van der Waals surface area contributed by atoms with Crippen molar-refractivity contribution in [2.24, 2.45) is 4.99 Å². The zero-order chi connectivity index (χ0) is 20.0. The van der Waals surface area contributed by atoms with Gasteiger partial charge in [0.2, 0.25) is 5.91 Å². The Balaban J connectivity index is 2.38. The Bertz CT molecular complexity index is 870. The Kier molecular flexibility index (Phi) is 7.07. The second-order valence-corrected chi connectivity index (χ2v) is 7.58. The van der Waals surface area contributed by atoms with Crippen LogP contribution in [0.15, 0.2) is 53.5 Å². The highest BCUT2D eigenvalue weighted by atomic mass is 32.2. The van der Waals surface area contributed by atoms with Gasteiger partial charge in [0.25, 0.3) is 0 Å². The Hall–Kier alpha value is -2.73. The molecule has 1 atom stereocenters. The minimum atomic E-state index is -0.431. The first-order chi connectivity index (χ1) is 12.8. The van der Waals surface area contributed by atoms with Crippen LogP contribution in [-0.2, 0) is 4.79 Å². The van der Waals surface area contributed by atoms with Gasteiger partial charge in [0.05, 0.1) is 16.7 Å². The van der Waals surface area contributed by atoms with Crippen molar-refractivity contribution in [3.8, 4) is 0 Å². The molecule has 0 saturated heterocycles. The van der Waals surface area contributed by atoms with Crippen LogP contribution < -0.4 is 5.32 Å². The number of aliphatic imine (C=N–C) groups is 1. The number of aryl methyl sites for hydroxylation is 2. The maximum atomic E-state index is 11.7. The van der Waals surface area contributed by atoms with Crippen molar-refractivity contribution in [2.75, 3.05) is 7.05 Å². The van der Waals surface area contributed by atoms with E-state index in [1.807, 2.05) is 62.4 Å². The van der Waals surface area contributed by atoms with Crippen molar-refractivity contribution in [3.63, 3.8) is 0 Å². The first kappa shape index (κ1) is 20.6. The van der Waals surface area contributed by atoms with Crippen LogP contribution in [0, 0.1) is 24.7 Å².